The molecule has 0 aliphatic heterocycles. The number of carbonyl (C=O) groups is 1. The lowest BCUT2D eigenvalue weighted by atomic mass is 10.1. The maximum Gasteiger partial charge on any atom is 0.417 e. The van der Waals surface area contributed by atoms with Crippen LogP contribution in [0, 0.1) is 11.3 Å². The number of benzene rings is 2. The third-order valence-corrected chi connectivity index (χ3v) is 5.69. The smallest absolute Gasteiger partial charge is 0.417 e. The van der Waals surface area contributed by atoms with Gasteiger partial charge in [0.2, 0.25) is 5.91 Å². The van der Waals surface area contributed by atoms with E-state index in [1.807, 2.05) is 6.92 Å². The molecule has 0 saturated heterocycles. The van der Waals surface area contributed by atoms with Gasteiger partial charge in [0.1, 0.15) is 29.2 Å². The summed E-state index contributed by atoms with van der Waals surface area (Å²) < 4.78 is 52.1. The zero-order valence-corrected chi connectivity index (χ0v) is 20.1. The van der Waals surface area contributed by atoms with Crippen LogP contribution in [0.4, 0.5) is 18.9 Å². The summed E-state index contributed by atoms with van der Waals surface area (Å²) in [6.07, 6.45) is -3.21. The number of carbonyl (C=O) groups excluding carboxylic acids is 1. The van der Waals surface area contributed by atoms with Gasteiger partial charge in [0.25, 0.3) is 0 Å². The van der Waals surface area contributed by atoms with E-state index in [0.29, 0.717) is 29.4 Å². The summed E-state index contributed by atoms with van der Waals surface area (Å²) in [7, 11) is 0. The van der Waals surface area contributed by atoms with Gasteiger partial charge in [-0.2, -0.15) is 18.4 Å². The van der Waals surface area contributed by atoms with E-state index in [0.717, 1.165) is 17.8 Å². The Morgan fingerprint density at radius 1 is 1.14 bits per heavy atom. The van der Waals surface area contributed by atoms with Crippen molar-refractivity contribution in [3.8, 4) is 28.8 Å². The molecule has 0 fully saturated rings. The van der Waals surface area contributed by atoms with Crippen molar-refractivity contribution < 1.29 is 27.4 Å². The van der Waals surface area contributed by atoms with Gasteiger partial charge >= 0.3 is 6.18 Å². The number of rotatable bonds is 10. The quantitative estimate of drug-likeness (QED) is 0.252. The second kappa shape index (κ2) is 12.1. The first-order valence-electron chi connectivity index (χ1n) is 10.8. The van der Waals surface area contributed by atoms with Crippen molar-refractivity contribution in [3.05, 3.63) is 78.4 Å². The number of aromatic nitrogens is 1. The van der Waals surface area contributed by atoms with Gasteiger partial charge in [0.15, 0.2) is 0 Å². The summed E-state index contributed by atoms with van der Waals surface area (Å²) in [5.74, 6) is 0.454. The minimum Gasteiger partial charge on any atom is -0.494 e. The lowest BCUT2D eigenvalue weighted by Gasteiger charge is -2.14. The molecule has 0 atom stereocenters. The lowest BCUT2D eigenvalue weighted by Crippen LogP contribution is -2.15. The minimum atomic E-state index is -4.78. The highest BCUT2D eigenvalue weighted by molar-refractivity contribution is 8.00. The molecular weight excluding hydrogens is 491 g/mol. The van der Waals surface area contributed by atoms with Crippen LogP contribution in [0.25, 0.3) is 11.3 Å². The number of hydrogen-bond donors (Lipinski definition) is 1. The van der Waals surface area contributed by atoms with Crippen LogP contribution in [0.1, 0.15) is 18.1 Å². The summed E-state index contributed by atoms with van der Waals surface area (Å²) in [6.45, 7) is 6.20. The Bertz CT molecular complexity index is 1250. The fourth-order valence-electron chi connectivity index (χ4n) is 3.11. The standard InChI is InChI=1S/C26H22F3N3O3S/c1-3-13-35-20-9-5-17(6-10-20)23-14-22(26(27,28)29)21(15-30)25(32-23)36-16-24(33)31-18-7-11-19(12-8-18)34-4-2/h3,5-12,14H,1,4,13,16H2,2H3,(H,31,33). The topological polar surface area (TPSA) is 84.2 Å². The molecule has 3 rings (SSSR count). The van der Waals surface area contributed by atoms with Gasteiger partial charge < -0.3 is 14.8 Å². The van der Waals surface area contributed by atoms with E-state index in [4.69, 9.17) is 9.47 Å². The number of thioether (sulfide) groups is 1. The third-order valence-electron chi connectivity index (χ3n) is 4.71. The first kappa shape index (κ1) is 26.6. The van der Waals surface area contributed by atoms with E-state index in [1.54, 1.807) is 60.7 Å². The van der Waals surface area contributed by atoms with Crippen molar-refractivity contribution in [1.29, 1.82) is 5.26 Å². The summed E-state index contributed by atoms with van der Waals surface area (Å²) in [5.41, 5.74) is -0.823. The Morgan fingerprint density at radius 3 is 2.36 bits per heavy atom. The monoisotopic (exact) mass is 513 g/mol. The van der Waals surface area contributed by atoms with Gasteiger partial charge in [-0.05, 0) is 61.5 Å². The molecule has 1 amide bonds. The van der Waals surface area contributed by atoms with Crippen molar-refractivity contribution in [3.63, 3.8) is 0 Å². The number of nitrogens with one attached hydrogen (secondary N) is 1. The Hall–Kier alpha value is -3.97. The highest BCUT2D eigenvalue weighted by Gasteiger charge is 2.36. The number of nitrogens with zero attached hydrogens (tertiary/aromatic N) is 2. The largest absolute Gasteiger partial charge is 0.494 e. The third kappa shape index (κ3) is 7.02. The molecule has 1 heterocycles. The summed E-state index contributed by atoms with van der Waals surface area (Å²) in [4.78, 5) is 16.7. The summed E-state index contributed by atoms with van der Waals surface area (Å²) >= 11 is 0.758. The highest BCUT2D eigenvalue weighted by Crippen LogP contribution is 2.38. The number of halogens is 3. The minimum absolute atomic E-state index is 0.0195. The second-order valence-corrected chi connectivity index (χ2v) is 8.23. The van der Waals surface area contributed by atoms with Crippen LogP contribution in [0.5, 0.6) is 11.5 Å². The molecular formula is C26H22F3N3O3S. The predicted molar refractivity (Wildman–Crippen MR) is 132 cm³/mol. The lowest BCUT2D eigenvalue weighted by molar-refractivity contribution is -0.138. The Morgan fingerprint density at radius 2 is 1.78 bits per heavy atom. The van der Waals surface area contributed by atoms with Crippen LogP contribution >= 0.6 is 11.8 Å². The number of amides is 1. The Labute approximate surface area is 210 Å². The van der Waals surface area contributed by atoms with Gasteiger partial charge in [0.05, 0.1) is 29.2 Å². The van der Waals surface area contributed by atoms with Crippen molar-refractivity contribution in [2.45, 2.75) is 18.1 Å². The van der Waals surface area contributed by atoms with Gasteiger partial charge in [0, 0.05) is 11.3 Å². The van der Waals surface area contributed by atoms with Crippen LogP contribution < -0.4 is 14.8 Å². The summed E-state index contributed by atoms with van der Waals surface area (Å²) in [6, 6.07) is 15.4. The first-order valence-corrected chi connectivity index (χ1v) is 11.8. The number of alkyl halides is 3. The van der Waals surface area contributed by atoms with Crippen molar-refractivity contribution in [2.75, 3.05) is 24.3 Å². The van der Waals surface area contributed by atoms with Gasteiger partial charge in [-0.15, -0.1) is 0 Å². The Kier molecular flexibility index (Phi) is 8.97. The van der Waals surface area contributed by atoms with Crippen LogP contribution in [-0.4, -0.2) is 29.9 Å². The zero-order chi connectivity index (χ0) is 26.1. The molecule has 0 saturated carbocycles. The molecule has 1 aromatic heterocycles. The Balaban J connectivity index is 1.84. The summed E-state index contributed by atoms with van der Waals surface area (Å²) in [5, 5.41) is 12.0. The zero-order valence-electron chi connectivity index (χ0n) is 19.3. The maximum atomic E-state index is 13.8. The molecule has 0 radical (unpaired) electrons. The molecule has 10 heteroatoms. The van der Waals surface area contributed by atoms with E-state index < -0.39 is 23.2 Å². The van der Waals surface area contributed by atoms with E-state index in [2.05, 4.69) is 16.9 Å². The molecule has 0 aliphatic carbocycles. The average Bonchev–Trinajstić information content (AvgIpc) is 2.86. The molecule has 186 valence electrons. The SMILES string of the molecule is C=CCOc1ccc(-c2cc(C(F)(F)F)c(C#N)c(SCC(=O)Nc3ccc(OCC)cc3)n2)cc1. The molecule has 0 aliphatic rings. The number of anilines is 1. The van der Waals surface area contributed by atoms with Crippen LogP contribution in [0.3, 0.4) is 0 Å². The number of hydrogen-bond acceptors (Lipinski definition) is 6. The van der Waals surface area contributed by atoms with Crippen LogP contribution in [-0.2, 0) is 11.0 Å². The molecule has 1 N–H and O–H groups in total. The van der Waals surface area contributed by atoms with Crippen LogP contribution in [0.15, 0.2) is 72.3 Å². The molecule has 36 heavy (non-hydrogen) atoms. The van der Waals surface area contributed by atoms with E-state index in [1.165, 1.54) is 0 Å². The molecule has 0 unspecified atom stereocenters. The molecule has 2 aromatic carbocycles. The van der Waals surface area contributed by atoms with E-state index in [9.17, 15) is 23.2 Å². The number of nitriles is 1. The number of ether oxygens (including phenoxy) is 2. The fraction of sp³-hybridized carbons (Fsp3) is 0.192. The highest BCUT2D eigenvalue weighted by atomic mass is 32.2. The van der Waals surface area contributed by atoms with Crippen molar-refractivity contribution in [2.24, 2.45) is 0 Å². The number of pyridine rings is 1. The molecule has 0 bridgehead atoms. The first-order chi connectivity index (χ1) is 17.2. The molecule has 3 aromatic rings. The van der Waals surface area contributed by atoms with Crippen molar-refractivity contribution >= 4 is 23.4 Å². The van der Waals surface area contributed by atoms with Crippen molar-refractivity contribution in [1.82, 2.24) is 4.98 Å². The normalized spacial score (nSPS) is 10.9. The fourth-order valence-corrected chi connectivity index (χ4v) is 3.92. The molecule has 0 spiro atoms. The van der Waals surface area contributed by atoms with Crippen LogP contribution in [0.2, 0.25) is 0 Å². The van der Waals surface area contributed by atoms with Gasteiger partial charge in [-0.3, -0.25) is 4.79 Å². The van der Waals surface area contributed by atoms with E-state index >= 15 is 0 Å². The average molecular weight is 514 g/mol. The van der Waals surface area contributed by atoms with E-state index in [-0.39, 0.29) is 23.1 Å². The molecule has 6 nitrogen and oxygen atoms in total. The van der Waals surface area contributed by atoms with Gasteiger partial charge in [-0.1, -0.05) is 24.4 Å². The predicted octanol–water partition coefficient (Wildman–Crippen LogP) is 6.33. The van der Waals surface area contributed by atoms with Gasteiger partial charge in [-0.25, -0.2) is 4.98 Å². The maximum absolute atomic E-state index is 13.8. The second-order valence-electron chi connectivity index (χ2n) is 7.26.